The topological polar surface area (TPSA) is 63.6 Å². The Labute approximate surface area is 202 Å². The second-order valence-electron chi connectivity index (χ2n) is 8.94. The smallest absolute Gasteiger partial charge is 0.317 e. The van der Waals surface area contributed by atoms with E-state index >= 15 is 0 Å². The molecule has 0 spiro atoms. The third kappa shape index (κ3) is 21.0. The van der Waals surface area contributed by atoms with Crippen molar-refractivity contribution in [2.45, 2.75) is 148 Å². The molecular weight excluding hydrogens is 389 g/mol. The molecule has 0 unspecified atom stereocenters. The number of aliphatic carboxylic acids is 1. The van der Waals surface area contributed by atoms with E-state index in [9.17, 15) is 9.59 Å². The van der Waals surface area contributed by atoms with Crippen LogP contribution in [0.3, 0.4) is 0 Å². The fraction of sp³-hybridized carbons (Fsp3) is 0.920. The number of esters is 1. The largest absolute Gasteiger partial charge is 0.481 e. The van der Waals surface area contributed by atoms with Gasteiger partial charge in [0.2, 0.25) is 0 Å². The third-order valence-corrected chi connectivity index (χ3v) is 5.77. The highest BCUT2D eigenvalue weighted by atomic mass is 24.3. The predicted molar refractivity (Wildman–Crippen MR) is 130 cm³/mol. The van der Waals surface area contributed by atoms with Crippen LogP contribution in [0.15, 0.2) is 0 Å². The maximum absolute atomic E-state index is 11.9. The summed E-state index contributed by atoms with van der Waals surface area (Å²) in [5.74, 6) is -1.71. The Morgan fingerprint density at radius 2 is 1.00 bits per heavy atom. The molecule has 30 heavy (non-hydrogen) atoms. The molecule has 0 aromatic carbocycles. The van der Waals surface area contributed by atoms with Crippen molar-refractivity contribution in [2.24, 2.45) is 0 Å². The van der Waals surface area contributed by atoms with E-state index in [1.54, 1.807) is 0 Å². The van der Waals surface area contributed by atoms with Crippen LogP contribution in [0.2, 0.25) is 0 Å². The highest BCUT2D eigenvalue weighted by molar-refractivity contribution is 5.90. The van der Waals surface area contributed by atoms with Gasteiger partial charge in [-0.05, 0) is 32.6 Å². The van der Waals surface area contributed by atoms with Crippen molar-refractivity contribution in [1.82, 2.24) is 0 Å². The lowest BCUT2D eigenvalue weighted by Gasteiger charge is -2.30. The number of carboxylic acids is 1. The van der Waals surface area contributed by atoms with E-state index in [4.69, 9.17) is 9.84 Å². The monoisotopic (exact) mass is 438 g/mol. The molecule has 0 heterocycles. The number of carbonyl (C=O) groups excluding carboxylic acids is 1. The third-order valence-electron chi connectivity index (χ3n) is 5.77. The molecule has 0 radical (unpaired) electrons. The lowest BCUT2D eigenvalue weighted by molar-refractivity contribution is -0.163. The van der Waals surface area contributed by atoms with Gasteiger partial charge in [0.1, 0.15) is 12.0 Å². The Morgan fingerprint density at radius 1 is 0.667 bits per heavy atom. The number of rotatable bonds is 21. The van der Waals surface area contributed by atoms with E-state index in [0.29, 0.717) is 0 Å². The zero-order valence-electron chi connectivity index (χ0n) is 19.6. The summed E-state index contributed by atoms with van der Waals surface area (Å²) < 4.78 is 5.65. The van der Waals surface area contributed by atoms with Crippen LogP contribution in [-0.2, 0) is 14.3 Å². The van der Waals surface area contributed by atoms with Gasteiger partial charge in [-0.25, -0.2) is 0 Å². The lowest BCUT2D eigenvalue weighted by Crippen LogP contribution is -2.32. The van der Waals surface area contributed by atoms with Gasteiger partial charge in [-0.2, -0.15) is 0 Å². The van der Waals surface area contributed by atoms with E-state index in [1.807, 2.05) is 6.92 Å². The molecule has 0 fully saturated rings. The second kappa shape index (κ2) is 21.9. The predicted octanol–water partition coefficient (Wildman–Crippen LogP) is 6.91. The molecule has 0 aliphatic rings. The summed E-state index contributed by atoms with van der Waals surface area (Å²) in [6.07, 6.45) is 21.1. The second-order valence-corrected chi connectivity index (χ2v) is 8.94. The highest BCUT2D eigenvalue weighted by Gasteiger charge is 2.28. The molecule has 0 saturated heterocycles. The Kier molecular flexibility index (Phi) is 23.3. The van der Waals surface area contributed by atoms with Gasteiger partial charge >= 0.3 is 35.0 Å². The van der Waals surface area contributed by atoms with Gasteiger partial charge in [0.25, 0.3) is 0 Å². The zero-order valence-corrected chi connectivity index (χ0v) is 19.6. The van der Waals surface area contributed by atoms with Gasteiger partial charge in [-0.3, -0.25) is 9.59 Å². The fourth-order valence-electron chi connectivity index (χ4n) is 3.93. The van der Waals surface area contributed by atoms with Crippen molar-refractivity contribution in [2.75, 3.05) is 0 Å². The Balaban J connectivity index is 0. The van der Waals surface area contributed by atoms with E-state index in [1.165, 1.54) is 77.0 Å². The molecule has 0 aliphatic heterocycles. The maximum Gasteiger partial charge on any atom is 0.317 e. The summed E-state index contributed by atoms with van der Waals surface area (Å²) in [6, 6.07) is 0. The summed E-state index contributed by atoms with van der Waals surface area (Å²) in [4.78, 5) is 22.7. The zero-order chi connectivity index (χ0) is 21.8. The summed E-state index contributed by atoms with van der Waals surface area (Å²) in [5.41, 5.74) is -0.517. The molecular formula is C25H50MgO4. The van der Waals surface area contributed by atoms with E-state index in [2.05, 4.69) is 13.8 Å². The Bertz CT molecular complexity index is 392. The van der Waals surface area contributed by atoms with E-state index in [0.717, 1.165) is 38.5 Å². The van der Waals surface area contributed by atoms with Gasteiger partial charge in [0.05, 0.1) is 0 Å². The van der Waals surface area contributed by atoms with E-state index < -0.39 is 24.0 Å². The number of hydrogen-bond acceptors (Lipinski definition) is 3. The molecule has 0 atom stereocenters. The van der Waals surface area contributed by atoms with Crippen molar-refractivity contribution in [3.63, 3.8) is 0 Å². The molecule has 0 saturated carbocycles. The van der Waals surface area contributed by atoms with Crippen LogP contribution in [0.25, 0.3) is 0 Å². The SMILES string of the molecule is CCCCCCCCCCC(C)(CCCCCCCCCC)OC(=O)CC(=O)O.[MgH2]. The van der Waals surface area contributed by atoms with Crippen molar-refractivity contribution < 1.29 is 19.4 Å². The van der Waals surface area contributed by atoms with E-state index in [-0.39, 0.29) is 23.1 Å². The first-order valence-corrected chi connectivity index (χ1v) is 12.4. The lowest BCUT2D eigenvalue weighted by atomic mass is 9.91. The molecule has 0 rings (SSSR count). The van der Waals surface area contributed by atoms with Crippen molar-refractivity contribution in [3.8, 4) is 0 Å². The van der Waals surface area contributed by atoms with Crippen LogP contribution >= 0.6 is 0 Å². The molecule has 0 aromatic heterocycles. The normalized spacial score (nSPS) is 11.2. The van der Waals surface area contributed by atoms with Crippen molar-refractivity contribution in [3.05, 3.63) is 0 Å². The number of ether oxygens (including phenoxy) is 1. The van der Waals surface area contributed by atoms with Crippen molar-refractivity contribution in [1.29, 1.82) is 0 Å². The summed E-state index contributed by atoms with van der Waals surface area (Å²) >= 11 is 0. The number of carboxylic acid groups (broad SMARTS) is 1. The minimum Gasteiger partial charge on any atom is -0.481 e. The molecule has 0 aliphatic carbocycles. The molecule has 0 amide bonds. The van der Waals surface area contributed by atoms with Crippen LogP contribution in [-0.4, -0.2) is 45.7 Å². The highest BCUT2D eigenvalue weighted by Crippen LogP contribution is 2.27. The van der Waals surface area contributed by atoms with Crippen LogP contribution in [0, 0.1) is 0 Å². The average Bonchev–Trinajstić information content (AvgIpc) is 2.65. The standard InChI is InChI=1S/C25H48O4.Mg.2H/c1-4-6-8-10-12-14-16-18-20-25(3,29-24(28)22-23(26)27)21-19-17-15-13-11-9-7-5-2;;;/h4-22H2,1-3H3,(H,26,27);;;. The number of unbranched alkanes of at least 4 members (excludes halogenated alkanes) is 14. The molecule has 0 aromatic rings. The number of hydrogen-bond donors (Lipinski definition) is 1. The Hall–Kier alpha value is -0.294. The summed E-state index contributed by atoms with van der Waals surface area (Å²) in [7, 11) is 0. The van der Waals surface area contributed by atoms with Crippen LogP contribution in [0.5, 0.6) is 0 Å². The van der Waals surface area contributed by atoms with Gasteiger partial charge in [0, 0.05) is 0 Å². The molecule has 1 N–H and O–H groups in total. The molecule has 5 heteroatoms. The summed E-state index contributed by atoms with van der Waals surface area (Å²) in [5, 5.41) is 8.85. The fourth-order valence-corrected chi connectivity index (χ4v) is 3.93. The first kappa shape index (κ1) is 31.9. The molecule has 176 valence electrons. The van der Waals surface area contributed by atoms with Crippen LogP contribution in [0.4, 0.5) is 0 Å². The van der Waals surface area contributed by atoms with Gasteiger partial charge in [0.15, 0.2) is 0 Å². The van der Waals surface area contributed by atoms with Gasteiger partial charge in [-0.15, -0.1) is 0 Å². The molecule has 4 nitrogen and oxygen atoms in total. The van der Waals surface area contributed by atoms with Crippen LogP contribution in [0.1, 0.15) is 143 Å². The van der Waals surface area contributed by atoms with Gasteiger partial charge in [-0.1, -0.05) is 104 Å². The van der Waals surface area contributed by atoms with Crippen molar-refractivity contribution >= 4 is 35.0 Å². The first-order valence-electron chi connectivity index (χ1n) is 12.4. The van der Waals surface area contributed by atoms with Gasteiger partial charge < -0.3 is 9.84 Å². The minimum absolute atomic E-state index is 0. The average molecular weight is 439 g/mol. The van der Waals surface area contributed by atoms with Crippen LogP contribution < -0.4 is 0 Å². The quantitative estimate of drug-likeness (QED) is 0.0914. The minimum atomic E-state index is -1.11. The molecule has 0 bridgehead atoms. The first-order chi connectivity index (χ1) is 13.9. The number of carbonyl (C=O) groups is 2. The summed E-state index contributed by atoms with van der Waals surface area (Å²) in [6.45, 7) is 6.47. The Morgan fingerprint density at radius 3 is 1.33 bits per heavy atom. The maximum atomic E-state index is 11.9.